The van der Waals surface area contributed by atoms with E-state index < -0.39 is 5.97 Å². The van der Waals surface area contributed by atoms with Gasteiger partial charge in [0, 0.05) is 22.8 Å². The lowest BCUT2D eigenvalue weighted by atomic mass is 9.89. The van der Waals surface area contributed by atoms with E-state index in [0.717, 1.165) is 49.8 Å². The molecule has 1 saturated carbocycles. The van der Waals surface area contributed by atoms with Gasteiger partial charge in [-0.25, -0.2) is 4.79 Å². The third kappa shape index (κ3) is 6.38. The van der Waals surface area contributed by atoms with Crippen molar-refractivity contribution in [2.75, 3.05) is 6.61 Å². The van der Waals surface area contributed by atoms with Crippen molar-refractivity contribution in [3.63, 3.8) is 0 Å². The van der Waals surface area contributed by atoms with Crippen molar-refractivity contribution < 1.29 is 20.1 Å². The second-order valence-electron chi connectivity index (χ2n) is 7.02. The number of rotatable bonds is 11. The molecule has 4 nitrogen and oxygen atoms in total. The summed E-state index contributed by atoms with van der Waals surface area (Å²) in [6.07, 6.45) is 11.2. The summed E-state index contributed by atoms with van der Waals surface area (Å²) in [6, 6.07) is 3.55. The molecule has 26 heavy (non-hydrogen) atoms. The van der Waals surface area contributed by atoms with Crippen LogP contribution in [0, 0.1) is 11.8 Å². The van der Waals surface area contributed by atoms with Crippen molar-refractivity contribution in [2.45, 2.75) is 62.8 Å². The molecule has 0 radical (unpaired) electrons. The lowest BCUT2D eigenvalue weighted by Crippen LogP contribution is -2.18. The number of aliphatic hydroxyl groups excluding tert-OH is 2. The quantitative estimate of drug-likeness (QED) is 0.290. The predicted molar refractivity (Wildman–Crippen MR) is 106 cm³/mol. The summed E-state index contributed by atoms with van der Waals surface area (Å²) in [5.74, 6) is -0.502. The van der Waals surface area contributed by atoms with E-state index in [1.165, 1.54) is 11.3 Å². The van der Waals surface area contributed by atoms with E-state index >= 15 is 0 Å². The minimum atomic E-state index is -0.870. The average Bonchev–Trinajstić information content (AvgIpc) is 3.17. The number of carboxylic acids is 1. The fraction of sp³-hybridized carbons (Fsp3) is 0.650. The Bertz CT molecular complexity index is 586. The molecular formula is C20H29ClO4S. The zero-order valence-electron chi connectivity index (χ0n) is 15.0. The van der Waals surface area contributed by atoms with Crippen molar-refractivity contribution in [1.29, 1.82) is 0 Å². The van der Waals surface area contributed by atoms with Gasteiger partial charge >= 0.3 is 5.97 Å². The maximum absolute atomic E-state index is 10.9. The molecule has 1 aromatic rings. The van der Waals surface area contributed by atoms with Gasteiger partial charge in [-0.15, -0.1) is 22.9 Å². The van der Waals surface area contributed by atoms with Crippen LogP contribution >= 0.6 is 22.9 Å². The van der Waals surface area contributed by atoms with Crippen molar-refractivity contribution in [2.24, 2.45) is 11.8 Å². The zero-order valence-corrected chi connectivity index (χ0v) is 16.6. The van der Waals surface area contributed by atoms with Gasteiger partial charge in [-0.2, -0.15) is 0 Å². The molecule has 0 bridgehead atoms. The fourth-order valence-corrected chi connectivity index (χ4v) is 5.04. The summed E-state index contributed by atoms with van der Waals surface area (Å²) in [5.41, 5.74) is 0. The molecule has 0 aliphatic heterocycles. The summed E-state index contributed by atoms with van der Waals surface area (Å²) in [5, 5.41) is 28.1. The Labute approximate surface area is 164 Å². The number of carbonyl (C=O) groups is 1. The van der Waals surface area contributed by atoms with Gasteiger partial charge in [-0.3, -0.25) is 0 Å². The largest absolute Gasteiger partial charge is 0.477 e. The molecule has 2 rings (SSSR count). The Morgan fingerprint density at radius 1 is 1.27 bits per heavy atom. The van der Waals surface area contributed by atoms with Gasteiger partial charge in [0.2, 0.25) is 0 Å². The molecule has 1 aromatic heterocycles. The summed E-state index contributed by atoms with van der Waals surface area (Å²) in [4.78, 5) is 12.4. The lowest BCUT2D eigenvalue weighted by molar-refractivity contribution is 0.0702. The first-order valence-corrected chi connectivity index (χ1v) is 10.7. The highest BCUT2D eigenvalue weighted by molar-refractivity contribution is 7.13. The molecule has 4 unspecified atom stereocenters. The predicted octanol–water partition coefficient (Wildman–Crippen LogP) is 4.48. The number of hydrogen-bond acceptors (Lipinski definition) is 4. The second kappa shape index (κ2) is 11.1. The molecular weight excluding hydrogens is 372 g/mol. The monoisotopic (exact) mass is 400 g/mol. The number of carboxylic acid groups (broad SMARTS) is 1. The summed E-state index contributed by atoms with van der Waals surface area (Å²) in [6.45, 7) is 0.249. The molecule has 0 aromatic carbocycles. The smallest absolute Gasteiger partial charge is 0.345 e. The number of unbranched alkanes of at least 4 members (excludes halogenated alkanes) is 3. The summed E-state index contributed by atoms with van der Waals surface area (Å²) >= 11 is 7.82. The second-order valence-corrected chi connectivity index (χ2v) is 8.75. The van der Waals surface area contributed by atoms with Crippen LogP contribution in [0.25, 0.3) is 0 Å². The van der Waals surface area contributed by atoms with Crippen molar-refractivity contribution in [3.05, 3.63) is 34.0 Å². The fourth-order valence-electron chi connectivity index (χ4n) is 3.68. The van der Waals surface area contributed by atoms with Crippen LogP contribution < -0.4 is 0 Å². The maximum atomic E-state index is 10.9. The normalized spacial score (nSPS) is 26.0. The SMILES string of the molecule is O=C(O)c1ccc(CCCC2C(Cl)CC(O)C2C=CCCCCCO)s1. The highest BCUT2D eigenvalue weighted by Crippen LogP contribution is 2.40. The minimum Gasteiger partial charge on any atom is -0.477 e. The van der Waals surface area contributed by atoms with E-state index in [-0.39, 0.29) is 29.9 Å². The molecule has 0 spiro atoms. The number of allylic oxidation sites excluding steroid dienone is 1. The van der Waals surface area contributed by atoms with E-state index in [1.54, 1.807) is 6.07 Å². The molecule has 1 heterocycles. The minimum absolute atomic E-state index is 0.00745. The van der Waals surface area contributed by atoms with Crippen LogP contribution in [0.2, 0.25) is 0 Å². The van der Waals surface area contributed by atoms with Crippen LogP contribution in [-0.4, -0.2) is 39.4 Å². The Morgan fingerprint density at radius 2 is 2.08 bits per heavy atom. The Hall–Kier alpha value is -0.880. The molecule has 146 valence electrons. The van der Waals surface area contributed by atoms with Crippen molar-refractivity contribution in [1.82, 2.24) is 0 Å². The van der Waals surface area contributed by atoms with Gasteiger partial charge in [-0.1, -0.05) is 18.6 Å². The van der Waals surface area contributed by atoms with E-state index in [4.69, 9.17) is 21.8 Å². The van der Waals surface area contributed by atoms with E-state index in [9.17, 15) is 9.90 Å². The van der Waals surface area contributed by atoms with Gasteiger partial charge in [0.25, 0.3) is 0 Å². The Morgan fingerprint density at radius 3 is 2.77 bits per heavy atom. The highest BCUT2D eigenvalue weighted by atomic mass is 35.5. The molecule has 4 atom stereocenters. The molecule has 3 N–H and O–H groups in total. The first kappa shape index (κ1) is 21.4. The van der Waals surface area contributed by atoms with Crippen molar-refractivity contribution in [3.8, 4) is 0 Å². The molecule has 1 fully saturated rings. The lowest BCUT2D eigenvalue weighted by Gasteiger charge is -2.20. The van der Waals surface area contributed by atoms with Gasteiger partial charge in [0.15, 0.2) is 0 Å². The number of hydrogen-bond donors (Lipinski definition) is 3. The molecule has 6 heteroatoms. The van der Waals surface area contributed by atoms with E-state index in [2.05, 4.69) is 12.2 Å². The molecule has 0 saturated heterocycles. The first-order valence-electron chi connectivity index (χ1n) is 9.44. The Kier molecular flexibility index (Phi) is 9.12. The number of aliphatic hydroxyl groups is 2. The number of alkyl halides is 1. The Balaban J connectivity index is 1.80. The highest BCUT2D eigenvalue weighted by Gasteiger charge is 2.39. The number of aryl methyl sites for hydroxylation is 1. The number of thiophene rings is 1. The molecule has 1 aliphatic carbocycles. The van der Waals surface area contributed by atoms with Crippen LogP contribution in [0.15, 0.2) is 24.3 Å². The van der Waals surface area contributed by atoms with Crippen LogP contribution in [0.1, 0.15) is 59.5 Å². The van der Waals surface area contributed by atoms with Crippen LogP contribution in [0.4, 0.5) is 0 Å². The molecule has 1 aliphatic rings. The van der Waals surface area contributed by atoms with Gasteiger partial charge in [0.1, 0.15) is 4.88 Å². The first-order chi connectivity index (χ1) is 12.5. The summed E-state index contributed by atoms with van der Waals surface area (Å²) < 4.78 is 0. The maximum Gasteiger partial charge on any atom is 0.345 e. The van der Waals surface area contributed by atoms with Gasteiger partial charge < -0.3 is 15.3 Å². The zero-order chi connectivity index (χ0) is 18.9. The van der Waals surface area contributed by atoms with E-state index in [1.807, 2.05) is 6.07 Å². The standard InChI is InChI=1S/C20H29ClO4S/c21-17-13-18(23)16(8-4-2-1-3-5-12-22)15(17)9-6-7-14-10-11-19(26-14)20(24)25/h4,8,10-11,15-18,22-23H,1-3,5-7,9,12-13H2,(H,24,25). The van der Waals surface area contributed by atoms with Crippen LogP contribution in [0.3, 0.4) is 0 Å². The van der Waals surface area contributed by atoms with Crippen LogP contribution in [0.5, 0.6) is 0 Å². The van der Waals surface area contributed by atoms with Crippen molar-refractivity contribution >= 4 is 28.9 Å². The van der Waals surface area contributed by atoms with Gasteiger partial charge in [-0.05, 0) is 63.0 Å². The molecule has 0 amide bonds. The average molecular weight is 401 g/mol. The van der Waals surface area contributed by atoms with Crippen LogP contribution in [-0.2, 0) is 6.42 Å². The third-order valence-electron chi connectivity index (χ3n) is 5.09. The topological polar surface area (TPSA) is 77.8 Å². The number of aromatic carboxylic acids is 1. The van der Waals surface area contributed by atoms with E-state index in [0.29, 0.717) is 11.3 Å². The number of halogens is 1. The van der Waals surface area contributed by atoms with Gasteiger partial charge in [0.05, 0.1) is 6.10 Å². The third-order valence-corrected chi connectivity index (χ3v) is 6.73. The summed E-state index contributed by atoms with van der Waals surface area (Å²) in [7, 11) is 0.